The van der Waals surface area contributed by atoms with Gasteiger partial charge in [-0.25, -0.2) is 0 Å². The number of carbonyl (C=O) groups excluding carboxylic acids is 1. The van der Waals surface area contributed by atoms with E-state index < -0.39 is 10.6 Å². The fraction of sp³-hybridized carbons (Fsp3) is 0.909. The van der Waals surface area contributed by atoms with Crippen LogP contribution in [0.2, 0.25) is 0 Å². The van der Waals surface area contributed by atoms with Gasteiger partial charge >= 0.3 is 0 Å². The second-order valence-electron chi connectivity index (χ2n) is 5.47. The number of nitrogens with one attached hydrogen (secondary N) is 1. The third-order valence-corrected chi connectivity index (χ3v) is 2.99. The Bertz CT molecular complexity index is 319. The van der Waals surface area contributed by atoms with Gasteiger partial charge < -0.3 is 15.1 Å². The van der Waals surface area contributed by atoms with E-state index in [0.29, 0.717) is 0 Å². The van der Waals surface area contributed by atoms with Crippen molar-refractivity contribution in [1.29, 1.82) is 0 Å². The van der Waals surface area contributed by atoms with Crippen LogP contribution in [0.25, 0.3) is 0 Å². The Balaban J connectivity index is 2.44. The Kier molecular flexibility index (Phi) is 4.89. The van der Waals surface area contributed by atoms with Crippen molar-refractivity contribution in [3.8, 4) is 0 Å². The molecule has 1 atom stereocenters. The van der Waals surface area contributed by atoms with E-state index in [1.54, 1.807) is 13.8 Å². The lowest BCUT2D eigenvalue weighted by Gasteiger charge is -2.32. The van der Waals surface area contributed by atoms with Gasteiger partial charge in [0.1, 0.15) is 6.61 Å². The molecule has 0 aromatic carbocycles. The highest BCUT2D eigenvalue weighted by Crippen LogP contribution is 2.16. The van der Waals surface area contributed by atoms with Crippen LogP contribution in [0.5, 0.6) is 0 Å². The molecular weight excluding hydrogens is 238 g/mol. The van der Waals surface area contributed by atoms with Gasteiger partial charge in [-0.2, -0.15) is 0 Å². The lowest BCUT2D eigenvalue weighted by atomic mass is 9.96. The molecule has 1 saturated heterocycles. The summed E-state index contributed by atoms with van der Waals surface area (Å²) in [6, 6.07) is 0. The van der Waals surface area contributed by atoms with Crippen LogP contribution in [0.15, 0.2) is 0 Å². The summed E-state index contributed by atoms with van der Waals surface area (Å²) in [5, 5.41) is 12.1. The number of carbonyl (C=O) groups is 1. The van der Waals surface area contributed by atoms with Crippen molar-refractivity contribution >= 4 is 5.91 Å². The maximum absolute atomic E-state index is 12.0. The highest BCUT2D eigenvalue weighted by Gasteiger charge is 2.29. The van der Waals surface area contributed by atoms with Crippen molar-refractivity contribution in [3.05, 3.63) is 10.1 Å². The number of likely N-dealkylation sites (tertiary alicyclic amines) is 1. The standard InChI is InChI=1S/C11H21N3O4/c1-11(2,8-18-14(16)17)12-10(15)9-5-4-6-13(3)7-9/h9H,4-8H2,1-3H3,(H,12,15). The summed E-state index contributed by atoms with van der Waals surface area (Å²) in [5.74, 6) is -0.0999. The molecule has 1 N–H and O–H groups in total. The minimum absolute atomic E-state index is 0.0429. The van der Waals surface area contributed by atoms with E-state index in [0.717, 1.165) is 25.9 Å². The first kappa shape index (κ1) is 14.7. The quantitative estimate of drug-likeness (QED) is 0.571. The second kappa shape index (κ2) is 5.99. The molecule has 7 heteroatoms. The average Bonchev–Trinajstić information content (AvgIpc) is 2.26. The molecule has 18 heavy (non-hydrogen) atoms. The van der Waals surface area contributed by atoms with Crippen LogP contribution >= 0.6 is 0 Å². The third kappa shape index (κ3) is 4.87. The van der Waals surface area contributed by atoms with E-state index in [4.69, 9.17) is 0 Å². The van der Waals surface area contributed by atoms with Crippen molar-refractivity contribution in [2.75, 3.05) is 26.7 Å². The Labute approximate surface area is 107 Å². The highest BCUT2D eigenvalue weighted by atomic mass is 16.9. The zero-order valence-corrected chi connectivity index (χ0v) is 11.1. The summed E-state index contributed by atoms with van der Waals surface area (Å²) in [7, 11) is 1.99. The Morgan fingerprint density at radius 2 is 2.28 bits per heavy atom. The lowest BCUT2D eigenvalue weighted by Crippen LogP contribution is -2.51. The van der Waals surface area contributed by atoms with E-state index in [1.807, 2.05) is 7.05 Å². The topological polar surface area (TPSA) is 84.7 Å². The van der Waals surface area contributed by atoms with E-state index in [1.165, 1.54) is 0 Å². The summed E-state index contributed by atoms with van der Waals surface area (Å²) in [6.07, 6.45) is 1.86. The molecule has 0 aromatic heterocycles. The summed E-state index contributed by atoms with van der Waals surface area (Å²) >= 11 is 0. The number of amides is 1. The van der Waals surface area contributed by atoms with E-state index in [2.05, 4.69) is 15.1 Å². The maximum atomic E-state index is 12.0. The molecule has 1 amide bonds. The van der Waals surface area contributed by atoms with Crippen LogP contribution in [0, 0.1) is 16.0 Å². The number of nitrogens with zero attached hydrogens (tertiary/aromatic N) is 2. The van der Waals surface area contributed by atoms with Gasteiger partial charge in [0, 0.05) is 6.54 Å². The molecule has 1 heterocycles. The zero-order valence-electron chi connectivity index (χ0n) is 11.1. The number of hydrogen-bond donors (Lipinski definition) is 1. The Morgan fingerprint density at radius 3 is 2.83 bits per heavy atom. The minimum Gasteiger partial charge on any atom is -0.349 e. The zero-order chi connectivity index (χ0) is 13.8. The monoisotopic (exact) mass is 259 g/mol. The van der Waals surface area contributed by atoms with Gasteiger partial charge in [-0.05, 0) is 40.3 Å². The fourth-order valence-electron chi connectivity index (χ4n) is 2.07. The first-order valence-electron chi connectivity index (χ1n) is 6.08. The molecule has 0 aromatic rings. The highest BCUT2D eigenvalue weighted by molar-refractivity contribution is 5.79. The number of hydrogen-bond acceptors (Lipinski definition) is 5. The fourth-order valence-corrected chi connectivity index (χ4v) is 2.07. The number of rotatable bonds is 5. The molecule has 0 aliphatic carbocycles. The van der Waals surface area contributed by atoms with Gasteiger partial charge in [-0.15, -0.1) is 10.1 Å². The Morgan fingerprint density at radius 1 is 1.61 bits per heavy atom. The van der Waals surface area contributed by atoms with E-state index >= 15 is 0 Å². The molecule has 1 aliphatic rings. The van der Waals surface area contributed by atoms with Crippen LogP contribution in [0.3, 0.4) is 0 Å². The van der Waals surface area contributed by atoms with E-state index in [-0.39, 0.29) is 18.4 Å². The maximum Gasteiger partial charge on any atom is 0.294 e. The molecule has 0 radical (unpaired) electrons. The summed E-state index contributed by atoms with van der Waals surface area (Å²) < 4.78 is 0. The van der Waals surface area contributed by atoms with Gasteiger partial charge in [0.05, 0.1) is 11.5 Å². The second-order valence-corrected chi connectivity index (χ2v) is 5.47. The van der Waals surface area contributed by atoms with Crippen molar-refractivity contribution in [2.24, 2.45) is 5.92 Å². The van der Waals surface area contributed by atoms with Gasteiger partial charge in [-0.1, -0.05) is 0 Å². The summed E-state index contributed by atoms with van der Waals surface area (Å²) in [5.41, 5.74) is -0.736. The normalized spacial score (nSPS) is 21.4. The number of piperidine rings is 1. The van der Waals surface area contributed by atoms with Crippen LogP contribution in [-0.2, 0) is 9.63 Å². The molecule has 1 unspecified atom stereocenters. The van der Waals surface area contributed by atoms with Crippen LogP contribution in [-0.4, -0.2) is 48.2 Å². The third-order valence-electron chi connectivity index (χ3n) is 2.99. The first-order valence-corrected chi connectivity index (χ1v) is 6.08. The van der Waals surface area contributed by atoms with E-state index in [9.17, 15) is 14.9 Å². The molecule has 104 valence electrons. The van der Waals surface area contributed by atoms with Crippen molar-refractivity contribution in [3.63, 3.8) is 0 Å². The molecule has 7 nitrogen and oxygen atoms in total. The largest absolute Gasteiger partial charge is 0.349 e. The van der Waals surface area contributed by atoms with Gasteiger partial charge in [0.15, 0.2) is 0 Å². The van der Waals surface area contributed by atoms with Crippen molar-refractivity contribution in [1.82, 2.24) is 10.2 Å². The molecule has 0 bridgehead atoms. The van der Waals surface area contributed by atoms with Gasteiger partial charge in [0.25, 0.3) is 5.09 Å². The minimum atomic E-state index is -0.845. The summed E-state index contributed by atoms with van der Waals surface area (Å²) in [6.45, 7) is 5.02. The van der Waals surface area contributed by atoms with Gasteiger partial charge in [-0.3, -0.25) is 4.79 Å². The molecule has 1 fully saturated rings. The SMILES string of the molecule is CN1CCCC(C(=O)NC(C)(C)CO[N+](=O)[O-])C1. The smallest absolute Gasteiger partial charge is 0.294 e. The predicted molar refractivity (Wildman–Crippen MR) is 65.4 cm³/mol. The lowest BCUT2D eigenvalue weighted by molar-refractivity contribution is -0.759. The van der Waals surface area contributed by atoms with Crippen LogP contribution in [0.1, 0.15) is 26.7 Å². The Hall–Kier alpha value is -1.37. The molecule has 0 saturated carbocycles. The van der Waals surface area contributed by atoms with Crippen LogP contribution < -0.4 is 5.32 Å². The predicted octanol–water partition coefficient (Wildman–Crippen LogP) is 0.431. The summed E-state index contributed by atoms with van der Waals surface area (Å²) in [4.78, 5) is 28.6. The van der Waals surface area contributed by atoms with Gasteiger partial charge in [0.2, 0.25) is 5.91 Å². The van der Waals surface area contributed by atoms with Crippen molar-refractivity contribution in [2.45, 2.75) is 32.2 Å². The van der Waals surface area contributed by atoms with Crippen LogP contribution in [0.4, 0.5) is 0 Å². The average molecular weight is 259 g/mol. The molecule has 1 aliphatic heterocycles. The van der Waals surface area contributed by atoms with Crippen molar-refractivity contribution < 1.29 is 14.7 Å². The molecule has 0 spiro atoms. The first-order chi connectivity index (χ1) is 8.30. The molecular formula is C11H21N3O4. The molecule has 1 rings (SSSR count).